The topological polar surface area (TPSA) is 73.5 Å². The number of aromatic nitrogens is 2. The van der Waals surface area contributed by atoms with Crippen molar-refractivity contribution in [1.82, 2.24) is 20.2 Å². The Kier molecular flexibility index (Phi) is 5.90. The van der Waals surface area contributed by atoms with Gasteiger partial charge in [-0.15, -0.1) is 0 Å². The van der Waals surface area contributed by atoms with Crippen molar-refractivity contribution in [2.24, 2.45) is 17.8 Å². The molecule has 3 fully saturated rings. The molecule has 2 aromatic rings. The monoisotopic (exact) mass is 441 g/mol. The number of morpholine rings is 1. The largest absolute Gasteiger partial charge is 0.378 e. The summed E-state index contributed by atoms with van der Waals surface area (Å²) in [4.78, 5) is 25.0. The molecule has 8 heteroatoms. The number of carbonyl (C=O) groups is 1. The van der Waals surface area contributed by atoms with E-state index >= 15 is 0 Å². The first kappa shape index (κ1) is 21.4. The van der Waals surface area contributed by atoms with Crippen molar-refractivity contribution >= 4 is 11.6 Å². The van der Waals surface area contributed by atoms with Crippen molar-refractivity contribution in [3.8, 4) is 0 Å². The van der Waals surface area contributed by atoms with Crippen molar-refractivity contribution in [2.45, 2.75) is 26.8 Å². The Morgan fingerprint density at radius 2 is 2.03 bits per heavy atom. The van der Waals surface area contributed by atoms with Crippen molar-refractivity contribution in [1.29, 1.82) is 0 Å². The van der Waals surface area contributed by atoms with Crippen LogP contribution in [-0.2, 0) is 17.7 Å². The van der Waals surface area contributed by atoms with E-state index in [-0.39, 0.29) is 11.7 Å². The molecule has 2 aliphatic heterocycles. The zero-order valence-electron chi connectivity index (χ0n) is 18.9. The molecular formula is C24H32FN5O2. The molecule has 7 nitrogen and oxygen atoms in total. The summed E-state index contributed by atoms with van der Waals surface area (Å²) in [6.45, 7) is 10.4. The lowest BCUT2D eigenvalue weighted by molar-refractivity contribution is 0.0948. The van der Waals surface area contributed by atoms with Crippen LogP contribution in [0.15, 0.2) is 18.2 Å². The Labute approximate surface area is 188 Å². The molecule has 2 saturated heterocycles. The number of hydrogen-bond acceptors (Lipinski definition) is 5. The second-order valence-electron chi connectivity index (χ2n) is 9.26. The smallest absolute Gasteiger partial charge is 0.251 e. The molecule has 2 atom stereocenters. The summed E-state index contributed by atoms with van der Waals surface area (Å²) < 4.78 is 19.9. The van der Waals surface area contributed by atoms with Crippen LogP contribution in [0.1, 0.15) is 34.5 Å². The summed E-state index contributed by atoms with van der Waals surface area (Å²) in [6.07, 6.45) is 0.924. The molecule has 2 N–H and O–H groups in total. The van der Waals surface area contributed by atoms with E-state index in [1.54, 1.807) is 12.1 Å². The van der Waals surface area contributed by atoms with Gasteiger partial charge in [0.05, 0.1) is 30.3 Å². The number of anilines is 1. The number of nitrogens with one attached hydrogen (secondary N) is 2. The minimum Gasteiger partial charge on any atom is -0.378 e. The maximum atomic E-state index is 14.6. The summed E-state index contributed by atoms with van der Waals surface area (Å²) in [5.41, 5.74) is 3.24. The quantitative estimate of drug-likeness (QED) is 0.690. The van der Waals surface area contributed by atoms with Gasteiger partial charge >= 0.3 is 0 Å². The molecule has 0 spiro atoms. The highest BCUT2D eigenvalue weighted by Gasteiger charge is 2.55. The average Bonchev–Trinajstić information content (AvgIpc) is 3.09. The zero-order valence-corrected chi connectivity index (χ0v) is 18.9. The van der Waals surface area contributed by atoms with E-state index in [0.717, 1.165) is 37.6 Å². The molecule has 3 heterocycles. The zero-order chi connectivity index (χ0) is 22.2. The molecule has 172 valence electrons. The Hall–Kier alpha value is -2.45. The maximum absolute atomic E-state index is 14.6. The van der Waals surface area contributed by atoms with Crippen molar-refractivity contribution in [2.75, 3.05) is 50.8 Å². The Morgan fingerprint density at radius 1 is 1.28 bits per heavy atom. The standard InChI is InChI=1S/C24H32FN5O2/c1-3-23-27-15(2)21(28-23)14-29-12-18-17(19(18)13-29)11-26-24(31)16-4-5-22(20(25)10-16)30-6-8-32-9-7-30/h4-5,10,17-19H,3,6-9,11-14H2,1-2H3,(H,26,31)(H,27,28). The van der Waals surface area contributed by atoms with Crippen LogP contribution in [0.4, 0.5) is 10.1 Å². The Bertz CT molecular complexity index is 975. The third-order valence-corrected chi connectivity index (χ3v) is 7.26. The molecule has 3 aliphatic rings. The van der Waals surface area contributed by atoms with Crippen LogP contribution < -0.4 is 10.2 Å². The highest BCUT2D eigenvalue weighted by molar-refractivity contribution is 5.94. The molecule has 1 aromatic heterocycles. The molecule has 1 amide bonds. The highest BCUT2D eigenvalue weighted by Crippen LogP contribution is 2.51. The van der Waals surface area contributed by atoms with Gasteiger partial charge in [0.2, 0.25) is 0 Å². The number of benzene rings is 1. The maximum Gasteiger partial charge on any atom is 0.251 e. The number of H-pyrrole nitrogens is 1. The van der Waals surface area contributed by atoms with Crippen molar-refractivity contribution < 1.29 is 13.9 Å². The fraction of sp³-hybridized carbons (Fsp3) is 0.583. The van der Waals surface area contributed by atoms with Gasteiger partial charge in [-0.3, -0.25) is 9.69 Å². The van der Waals surface area contributed by atoms with Gasteiger partial charge in [-0.1, -0.05) is 6.92 Å². The van der Waals surface area contributed by atoms with Crippen molar-refractivity contribution in [3.05, 3.63) is 46.8 Å². The first-order valence-electron chi connectivity index (χ1n) is 11.7. The summed E-state index contributed by atoms with van der Waals surface area (Å²) in [7, 11) is 0. The van der Waals surface area contributed by atoms with Gasteiger partial charge in [-0.05, 0) is 42.9 Å². The number of carbonyl (C=O) groups excluding carboxylic acids is 1. The van der Waals surface area contributed by atoms with Gasteiger partial charge in [-0.25, -0.2) is 9.37 Å². The van der Waals surface area contributed by atoms with Gasteiger partial charge in [0.25, 0.3) is 5.91 Å². The summed E-state index contributed by atoms with van der Waals surface area (Å²) in [6, 6.07) is 4.78. The molecule has 1 aromatic carbocycles. The third kappa shape index (κ3) is 4.26. The number of amides is 1. The van der Waals surface area contributed by atoms with E-state index in [1.807, 2.05) is 4.90 Å². The number of ether oxygens (including phenoxy) is 1. The average molecular weight is 442 g/mol. The van der Waals surface area contributed by atoms with Crippen LogP contribution in [0.5, 0.6) is 0 Å². The molecule has 32 heavy (non-hydrogen) atoms. The third-order valence-electron chi connectivity index (χ3n) is 7.26. The van der Waals surface area contributed by atoms with Crippen LogP contribution in [0.25, 0.3) is 0 Å². The number of fused-ring (bicyclic) bond motifs is 1. The van der Waals surface area contributed by atoms with Gasteiger partial charge in [-0.2, -0.15) is 0 Å². The number of halogens is 1. The van der Waals surface area contributed by atoms with Gasteiger partial charge < -0.3 is 19.9 Å². The van der Waals surface area contributed by atoms with Crippen LogP contribution in [0.2, 0.25) is 0 Å². The van der Waals surface area contributed by atoms with E-state index in [1.165, 1.54) is 11.8 Å². The second kappa shape index (κ2) is 8.83. The summed E-state index contributed by atoms with van der Waals surface area (Å²) in [5, 5.41) is 3.03. The highest BCUT2D eigenvalue weighted by atomic mass is 19.1. The van der Waals surface area contributed by atoms with Crippen LogP contribution >= 0.6 is 0 Å². The Balaban J connectivity index is 1.09. The first-order valence-corrected chi connectivity index (χ1v) is 11.7. The number of hydrogen-bond donors (Lipinski definition) is 2. The lowest BCUT2D eigenvalue weighted by atomic mass is 10.1. The molecular weight excluding hydrogens is 409 g/mol. The van der Waals surface area contributed by atoms with E-state index in [4.69, 9.17) is 4.74 Å². The van der Waals surface area contributed by atoms with Gasteiger partial charge in [0.15, 0.2) is 0 Å². The predicted molar refractivity (Wildman–Crippen MR) is 120 cm³/mol. The second-order valence-corrected chi connectivity index (χ2v) is 9.26. The fourth-order valence-corrected chi connectivity index (χ4v) is 5.30. The number of aryl methyl sites for hydroxylation is 2. The number of nitrogens with zero attached hydrogens (tertiary/aromatic N) is 3. The molecule has 5 rings (SSSR count). The minimum absolute atomic E-state index is 0.195. The van der Waals surface area contributed by atoms with Gasteiger partial charge in [0, 0.05) is 51.3 Å². The first-order chi connectivity index (χ1) is 15.5. The van der Waals surface area contributed by atoms with E-state index < -0.39 is 0 Å². The molecule has 1 aliphatic carbocycles. The molecule has 2 unspecified atom stereocenters. The molecule has 0 bridgehead atoms. The predicted octanol–water partition coefficient (Wildman–Crippen LogP) is 2.36. The lowest BCUT2D eigenvalue weighted by Crippen LogP contribution is -2.36. The SMILES string of the molecule is CCc1nc(C)c(CN2CC3C(CNC(=O)c4ccc(N5CCOCC5)c(F)c4)C3C2)[nH]1. The van der Waals surface area contributed by atoms with Crippen LogP contribution in [0, 0.1) is 30.5 Å². The van der Waals surface area contributed by atoms with E-state index in [2.05, 4.69) is 34.0 Å². The fourth-order valence-electron chi connectivity index (χ4n) is 5.30. The molecule has 0 radical (unpaired) electrons. The summed E-state index contributed by atoms with van der Waals surface area (Å²) >= 11 is 0. The normalized spacial score (nSPS) is 25.1. The Morgan fingerprint density at radius 3 is 2.69 bits per heavy atom. The lowest BCUT2D eigenvalue weighted by Gasteiger charge is -2.29. The van der Waals surface area contributed by atoms with Crippen molar-refractivity contribution in [3.63, 3.8) is 0 Å². The van der Waals surface area contributed by atoms with E-state index in [0.29, 0.717) is 61.9 Å². The number of piperidine rings is 1. The number of aromatic amines is 1. The van der Waals surface area contributed by atoms with E-state index in [9.17, 15) is 9.18 Å². The number of likely N-dealkylation sites (tertiary alicyclic amines) is 1. The molecule has 1 saturated carbocycles. The van der Waals surface area contributed by atoms with Crippen LogP contribution in [0.3, 0.4) is 0 Å². The van der Waals surface area contributed by atoms with Gasteiger partial charge in [0.1, 0.15) is 11.6 Å². The number of imidazole rings is 1. The minimum atomic E-state index is -0.348. The van der Waals surface area contributed by atoms with Crippen LogP contribution in [-0.4, -0.2) is 66.7 Å². The summed E-state index contributed by atoms with van der Waals surface area (Å²) in [5.74, 6) is 2.33. The number of rotatable bonds is 7.